The van der Waals surface area contributed by atoms with Gasteiger partial charge in [0, 0.05) is 0 Å². The van der Waals surface area contributed by atoms with Crippen LogP contribution in [0.5, 0.6) is 0 Å². The van der Waals surface area contributed by atoms with E-state index in [1.807, 2.05) is 5.40 Å². The minimum atomic E-state index is 0. The third kappa shape index (κ3) is 9.12. The van der Waals surface area contributed by atoms with Crippen LogP contribution in [0.1, 0.15) is 55.4 Å². The predicted molar refractivity (Wildman–Crippen MR) is 67.4 cm³/mol. The minimum absolute atomic E-state index is 0. The first-order valence-corrected chi connectivity index (χ1v) is 8.14. The van der Waals surface area contributed by atoms with Crippen LogP contribution in [-0.4, -0.2) is 16.0 Å². The quantitative estimate of drug-likeness (QED) is 0.504. The van der Waals surface area contributed by atoms with Gasteiger partial charge in [0.25, 0.3) is 0 Å². The topological polar surface area (TPSA) is 0 Å². The second kappa shape index (κ2) is 8.47. The zero-order valence-electron chi connectivity index (χ0n) is 11.7. The van der Waals surface area contributed by atoms with Gasteiger partial charge in [-0.15, -0.1) is 0 Å². The fourth-order valence-corrected chi connectivity index (χ4v) is 7.67. The molecule has 0 nitrogen and oxygen atoms in total. The third-order valence-electron chi connectivity index (χ3n) is 1.96. The summed E-state index contributed by atoms with van der Waals surface area (Å²) in [5.41, 5.74) is 0.833. The van der Waals surface area contributed by atoms with Gasteiger partial charge in [-0.25, -0.2) is 0 Å². The average molecular weight is 345 g/mol. The molecule has 0 aromatic carbocycles. The van der Waals surface area contributed by atoms with Crippen LogP contribution in [0.25, 0.3) is 0 Å². The standard InChI is InChI=1S/C11H25P.CH3.ClH.Pd/c1-9(2)12(10(3,4)5)11(6,7)8;;;/h9H,1-8H3;1H3;1H;/q;;;+1/p-1. The van der Waals surface area contributed by atoms with Crippen LogP contribution in [0.3, 0.4) is 0 Å². The molecule has 0 fully saturated rings. The largest absolute Gasteiger partial charge is 1.00 e. The van der Waals surface area contributed by atoms with E-state index in [-0.39, 0.29) is 20.3 Å². The van der Waals surface area contributed by atoms with Gasteiger partial charge in [-0.1, -0.05) is 63.3 Å². The van der Waals surface area contributed by atoms with Gasteiger partial charge in [-0.05, 0) is 16.0 Å². The van der Waals surface area contributed by atoms with E-state index in [4.69, 9.17) is 0 Å². The van der Waals surface area contributed by atoms with Crippen LogP contribution < -0.4 is 12.4 Å². The van der Waals surface area contributed by atoms with Crippen molar-refractivity contribution in [3.63, 3.8) is 0 Å². The third-order valence-corrected chi connectivity index (χ3v) is 5.89. The molecule has 0 aliphatic rings. The minimum Gasteiger partial charge on any atom is -1.00 e. The van der Waals surface area contributed by atoms with Gasteiger partial charge in [0.15, 0.2) is 0 Å². The fraction of sp³-hybridized carbons (Fsp3) is 1.00. The summed E-state index contributed by atoms with van der Waals surface area (Å²) in [6.07, 6.45) is 0. The molecular formula is C12H28ClPPd. The van der Waals surface area contributed by atoms with Crippen LogP contribution in [0.2, 0.25) is 5.40 Å². The Morgan fingerprint density at radius 1 is 0.800 bits per heavy atom. The first kappa shape index (κ1) is 21.6. The van der Waals surface area contributed by atoms with E-state index in [9.17, 15) is 0 Å². The van der Waals surface area contributed by atoms with Crippen molar-refractivity contribution in [1.82, 2.24) is 0 Å². The van der Waals surface area contributed by atoms with Crippen molar-refractivity contribution < 1.29 is 31.6 Å². The van der Waals surface area contributed by atoms with E-state index in [0.29, 0.717) is 10.3 Å². The summed E-state index contributed by atoms with van der Waals surface area (Å²) in [5.74, 6) is 0. The number of rotatable bonds is 1. The molecule has 0 rings (SSSR count). The molecule has 15 heavy (non-hydrogen) atoms. The van der Waals surface area contributed by atoms with Gasteiger partial charge in [-0.3, -0.25) is 0 Å². The normalized spacial score (nSPS) is 12.1. The molecule has 0 spiro atoms. The molecule has 98 valence electrons. The monoisotopic (exact) mass is 344 g/mol. The zero-order chi connectivity index (χ0) is 12.2. The first-order chi connectivity index (χ1) is 6.07. The van der Waals surface area contributed by atoms with Gasteiger partial charge in [0.1, 0.15) is 0 Å². The second-order valence-electron chi connectivity index (χ2n) is 5.81. The van der Waals surface area contributed by atoms with Crippen molar-refractivity contribution >= 4 is 7.92 Å². The molecular weight excluding hydrogens is 317 g/mol. The maximum absolute atomic E-state index is 2.75. The Labute approximate surface area is 116 Å². The molecule has 0 heterocycles. The molecule has 0 saturated carbocycles. The molecule has 0 aromatic heterocycles. The summed E-state index contributed by atoms with van der Waals surface area (Å²) >= 11 is 2.75. The molecule has 0 saturated heterocycles. The van der Waals surface area contributed by atoms with Gasteiger partial charge < -0.3 is 12.4 Å². The Morgan fingerprint density at radius 2 is 1.00 bits per heavy atom. The van der Waals surface area contributed by atoms with Crippen LogP contribution in [-0.2, 0) is 19.2 Å². The molecule has 0 aliphatic carbocycles. The molecule has 0 aromatic rings. The Morgan fingerprint density at radius 3 is 1.00 bits per heavy atom. The number of hydrogen-bond acceptors (Lipinski definition) is 0. The Bertz CT molecular complexity index is 131. The van der Waals surface area contributed by atoms with E-state index in [1.54, 1.807) is 0 Å². The predicted octanol–water partition coefficient (Wildman–Crippen LogP) is 2.06. The summed E-state index contributed by atoms with van der Waals surface area (Å²) in [6, 6.07) is 0. The second-order valence-corrected chi connectivity index (χ2v) is 10.3. The van der Waals surface area contributed by atoms with E-state index in [2.05, 4.69) is 74.6 Å². The van der Waals surface area contributed by atoms with E-state index >= 15 is 0 Å². The molecule has 0 amide bonds. The van der Waals surface area contributed by atoms with Crippen LogP contribution in [0.15, 0.2) is 0 Å². The van der Waals surface area contributed by atoms with Crippen molar-refractivity contribution in [2.45, 2.75) is 76.8 Å². The molecule has 0 atom stereocenters. The molecule has 3 heteroatoms. The van der Waals surface area contributed by atoms with Gasteiger partial charge in [-0.2, -0.15) is 0 Å². The molecule has 0 aliphatic heterocycles. The van der Waals surface area contributed by atoms with Crippen molar-refractivity contribution in [2.24, 2.45) is 0 Å². The summed E-state index contributed by atoms with van der Waals surface area (Å²) in [5, 5.41) is 2.83. The van der Waals surface area contributed by atoms with Crippen LogP contribution in [0.4, 0.5) is 0 Å². The van der Waals surface area contributed by atoms with Gasteiger partial charge in [0.05, 0.1) is 0 Å². The smallest absolute Gasteiger partial charge is 1.00 e. The van der Waals surface area contributed by atoms with E-state index < -0.39 is 0 Å². The number of halogens is 1. The molecule has 0 N–H and O–H groups in total. The van der Waals surface area contributed by atoms with Crippen molar-refractivity contribution in [1.29, 1.82) is 0 Å². The van der Waals surface area contributed by atoms with E-state index in [1.165, 1.54) is 0 Å². The summed E-state index contributed by atoms with van der Waals surface area (Å²) in [4.78, 5) is 0. The first-order valence-electron chi connectivity index (χ1n) is 5.18. The zero-order valence-corrected chi connectivity index (χ0v) is 14.9. The maximum Gasteiger partial charge on any atom is -1.00 e. The van der Waals surface area contributed by atoms with Gasteiger partial charge in [0.2, 0.25) is 0 Å². The van der Waals surface area contributed by atoms with Gasteiger partial charge >= 0.3 is 24.6 Å². The summed E-state index contributed by atoms with van der Waals surface area (Å²) in [7, 11) is 0.0983. The Hall–Kier alpha value is 1.38. The van der Waals surface area contributed by atoms with Crippen molar-refractivity contribution in [3.8, 4) is 0 Å². The summed E-state index contributed by atoms with van der Waals surface area (Å²) < 4.78 is 0. The average Bonchev–Trinajstić information content (AvgIpc) is 1.82. The molecule has 0 bridgehead atoms. The maximum atomic E-state index is 2.75. The fourth-order valence-electron chi connectivity index (χ4n) is 2.56. The van der Waals surface area contributed by atoms with Crippen molar-refractivity contribution in [2.75, 3.05) is 0 Å². The Kier molecular flexibility index (Phi) is 12.2. The van der Waals surface area contributed by atoms with Crippen LogP contribution >= 0.6 is 7.92 Å². The molecule has 0 radical (unpaired) electrons. The van der Waals surface area contributed by atoms with Crippen LogP contribution in [0, 0.1) is 0 Å². The number of hydrogen-bond donors (Lipinski definition) is 0. The van der Waals surface area contributed by atoms with E-state index in [0.717, 1.165) is 5.66 Å². The van der Waals surface area contributed by atoms with Crippen molar-refractivity contribution in [3.05, 3.63) is 0 Å². The molecule has 0 unspecified atom stereocenters. The summed E-state index contributed by atoms with van der Waals surface area (Å²) in [6.45, 7) is 19.0. The SMILES string of the molecule is CC(C)P(C(C)(C)C)C(C)(C)C.[CH3][Pd+].[Cl-]. The Balaban J connectivity index is -0.000000449.